The van der Waals surface area contributed by atoms with Gasteiger partial charge in [0.05, 0.1) is 0 Å². The molecule has 0 radical (unpaired) electrons. The van der Waals surface area contributed by atoms with Gasteiger partial charge in [-0.15, -0.1) is 0 Å². The zero-order valence-electron chi connectivity index (χ0n) is 7.81. The van der Waals surface area contributed by atoms with Crippen molar-refractivity contribution in [3.05, 3.63) is 48.3 Å². The number of aromatic hydroxyl groups is 2. The predicted octanol–water partition coefficient (Wildman–Crippen LogP) is 2.90. The maximum atomic E-state index is 13.4. The molecular formula is C12H9FO2. The van der Waals surface area contributed by atoms with Gasteiger partial charge in [-0.3, -0.25) is 0 Å². The molecule has 2 aromatic carbocycles. The highest BCUT2D eigenvalue weighted by molar-refractivity contribution is 5.65. The average molecular weight is 204 g/mol. The fourth-order valence-corrected chi connectivity index (χ4v) is 1.38. The predicted molar refractivity (Wildman–Crippen MR) is 55.2 cm³/mol. The minimum Gasteiger partial charge on any atom is -0.508 e. The summed E-state index contributed by atoms with van der Waals surface area (Å²) in [6, 6.07) is 10.2. The summed E-state index contributed by atoms with van der Waals surface area (Å²) >= 11 is 0. The Labute approximate surface area is 86.2 Å². The van der Waals surface area contributed by atoms with Gasteiger partial charge in [-0.05, 0) is 29.8 Å². The molecule has 3 heteroatoms. The Morgan fingerprint density at radius 2 is 1.40 bits per heavy atom. The van der Waals surface area contributed by atoms with Gasteiger partial charge in [-0.25, -0.2) is 4.39 Å². The summed E-state index contributed by atoms with van der Waals surface area (Å²) in [5.41, 5.74) is 1.05. The van der Waals surface area contributed by atoms with Crippen LogP contribution < -0.4 is 0 Å². The molecule has 0 saturated carbocycles. The van der Waals surface area contributed by atoms with Crippen LogP contribution in [0.25, 0.3) is 11.1 Å². The second kappa shape index (κ2) is 3.61. The van der Waals surface area contributed by atoms with Crippen molar-refractivity contribution in [3.8, 4) is 22.6 Å². The second-order valence-corrected chi connectivity index (χ2v) is 3.21. The Morgan fingerprint density at radius 3 is 2.00 bits per heavy atom. The third-order valence-electron chi connectivity index (χ3n) is 2.13. The Bertz CT molecular complexity index is 477. The number of hydrogen-bond acceptors (Lipinski definition) is 2. The largest absolute Gasteiger partial charge is 0.508 e. The lowest BCUT2D eigenvalue weighted by molar-refractivity contribution is 0.469. The maximum Gasteiger partial charge on any atom is 0.134 e. The SMILES string of the molecule is Oc1ccc(-c2ccc(O)cc2F)cc1. The van der Waals surface area contributed by atoms with Gasteiger partial charge in [0.15, 0.2) is 0 Å². The molecule has 0 aliphatic heterocycles. The van der Waals surface area contributed by atoms with E-state index in [4.69, 9.17) is 10.2 Å². The molecule has 2 N–H and O–H groups in total. The quantitative estimate of drug-likeness (QED) is 0.749. The molecule has 0 unspecified atom stereocenters. The molecule has 0 atom stereocenters. The summed E-state index contributed by atoms with van der Waals surface area (Å²) in [5.74, 6) is -0.450. The van der Waals surface area contributed by atoms with Crippen molar-refractivity contribution >= 4 is 0 Å². The van der Waals surface area contributed by atoms with E-state index in [1.54, 1.807) is 12.1 Å². The van der Waals surface area contributed by atoms with Gasteiger partial charge in [-0.1, -0.05) is 12.1 Å². The summed E-state index contributed by atoms with van der Waals surface area (Å²) in [5, 5.41) is 18.1. The molecule has 15 heavy (non-hydrogen) atoms. The van der Waals surface area contributed by atoms with Crippen molar-refractivity contribution < 1.29 is 14.6 Å². The van der Waals surface area contributed by atoms with Crippen LogP contribution in [0.2, 0.25) is 0 Å². The molecule has 2 aromatic rings. The molecule has 0 saturated heterocycles. The van der Waals surface area contributed by atoms with E-state index in [9.17, 15) is 4.39 Å². The lowest BCUT2D eigenvalue weighted by atomic mass is 10.1. The van der Waals surface area contributed by atoms with Crippen LogP contribution in [0.5, 0.6) is 11.5 Å². The van der Waals surface area contributed by atoms with Crippen LogP contribution in [0, 0.1) is 5.82 Å². The Hall–Kier alpha value is -2.03. The van der Waals surface area contributed by atoms with Crippen LogP contribution >= 0.6 is 0 Å². The van der Waals surface area contributed by atoms with Crippen LogP contribution in [0.4, 0.5) is 4.39 Å². The van der Waals surface area contributed by atoms with E-state index in [1.807, 2.05) is 0 Å². The van der Waals surface area contributed by atoms with Gasteiger partial charge < -0.3 is 10.2 Å². The standard InChI is InChI=1S/C12H9FO2/c13-12-7-10(15)5-6-11(12)8-1-3-9(14)4-2-8/h1-7,14-15H. The smallest absolute Gasteiger partial charge is 0.134 e. The molecular weight excluding hydrogens is 195 g/mol. The van der Waals surface area contributed by atoms with Crippen LogP contribution in [-0.4, -0.2) is 10.2 Å². The monoisotopic (exact) mass is 204 g/mol. The minimum absolute atomic E-state index is 0.102. The molecule has 0 aromatic heterocycles. The first-order valence-electron chi connectivity index (χ1n) is 4.45. The van der Waals surface area contributed by atoms with Crippen LogP contribution in [0.1, 0.15) is 0 Å². The Balaban J connectivity index is 2.49. The molecule has 0 bridgehead atoms. The zero-order valence-corrected chi connectivity index (χ0v) is 7.81. The Kier molecular flexibility index (Phi) is 2.29. The summed E-state index contributed by atoms with van der Waals surface area (Å²) in [4.78, 5) is 0. The third-order valence-corrected chi connectivity index (χ3v) is 2.13. The molecule has 0 spiro atoms. The van der Waals surface area contributed by atoms with Crippen molar-refractivity contribution in [3.63, 3.8) is 0 Å². The van der Waals surface area contributed by atoms with E-state index < -0.39 is 5.82 Å². The van der Waals surface area contributed by atoms with Crippen molar-refractivity contribution in [2.45, 2.75) is 0 Å². The average Bonchev–Trinajstić information content (AvgIpc) is 2.20. The van der Waals surface area contributed by atoms with Crippen molar-refractivity contribution in [1.82, 2.24) is 0 Å². The molecule has 0 fully saturated rings. The number of rotatable bonds is 1. The zero-order chi connectivity index (χ0) is 10.8. The van der Waals surface area contributed by atoms with Gasteiger partial charge in [0.1, 0.15) is 17.3 Å². The fraction of sp³-hybridized carbons (Fsp3) is 0. The van der Waals surface area contributed by atoms with E-state index in [1.165, 1.54) is 24.3 Å². The van der Waals surface area contributed by atoms with Crippen LogP contribution in [0.3, 0.4) is 0 Å². The highest BCUT2D eigenvalue weighted by Gasteiger charge is 2.05. The number of benzene rings is 2. The van der Waals surface area contributed by atoms with E-state index in [2.05, 4.69) is 0 Å². The van der Waals surface area contributed by atoms with Crippen molar-refractivity contribution in [2.75, 3.05) is 0 Å². The normalized spacial score (nSPS) is 10.2. The molecule has 2 rings (SSSR count). The summed E-state index contributed by atoms with van der Waals surface area (Å²) in [7, 11) is 0. The third kappa shape index (κ3) is 1.91. The highest BCUT2D eigenvalue weighted by Crippen LogP contribution is 2.26. The number of phenolic OH excluding ortho intramolecular Hbond substituents is 2. The molecule has 0 aliphatic rings. The fourth-order valence-electron chi connectivity index (χ4n) is 1.38. The number of phenols is 2. The first-order chi connectivity index (χ1) is 7.16. The molecule has 76 valence electrons. The van der Waals surface area contributed by atoms with Crippen LogP contribution in [0.15, 0.2) is 42.5 Å². The molecule has 0 amide bonds. The van der Waals surface area contributed by atoms with Crippen molar-refractivity contribution in [2.24, 2.45) is 0 Å². The molecule has 2 nitrogen and oxygen atoms in total. The highest BCUT2D eigenvalue weighted by atomic mass is 19.1. The lowest BCUT2D eigenvalue weighted by Gasteiger charge is -2.03. The Morgan fingerprint density at radius 1 is 0.800 bits per heavy atom. The summed E-state index contributed by atoms with van der Waals surface area (Å²) < 4.78 is 13.4. The maximum absolute atomic E-state index is 13.4. The number of halogens is 1. The first kappa shape index (κ1) is 9.52. The lowest BCUT2D eigenvalue weighted by Crippen LogP contribution is -1.83. The topological polar surface area (TPSA) is 40.5 Å². The summed E-state index contributed by atoms with van der Waals surface area (Å²) in [6.45, 7) is 0. The first-order valence-corrected chi connectivity index (χ1v) is 4.45. The molecule has 0 aliphatic carbocycles. The van der Waals surface area contributed by atoms with Crippen molar-refractivity contribution in [1.29, 1.82) is 0 Å². The van der Waals surface area contributed by atoms with Crippen LogP contribution in [-0.2, 0) is 0 Å². The van der Waals surface area contributed by atoms with Gasteiger partial charge in [0.2, 0.25) is 0 Å². The van der Waals surface area contributed by atoms with Gasteiger partial charge >= 0.3 is 0 Å². The minimum atomic E-state index is -0.485. The summed E-state index contributed by atoms with van der Waals surface area (Å²) in [6.07, 6.45) is 0. The number of hydrogen-bond donors (Lipinski definition) is 2. The van der Waals surface area contributed by atoms with Gasteiger partial charge in [0.25, 0.3) is 0 Å². The van der Waals surface area contributed by atoms with E-state index in [0.29, 0.717) is 11.1 Å². The van der Waals surface area contributed by atoms with Gasteiger partial charge in [0, 0.05) is 11.6 Å². The van der Waals surface area contributed by atoms with E-state index >= 15 is 0 Å². The van der Waals surface area contributed by atoms with E-state index in [0.717, 1.165) is 6.07 Å². The van der Waals surface area contributed by atoms with E-state index in [-0.39, 0.29) is 11.5 Å². The van der Waals surface area contributed by atoms with Gasteiger partial charge in [-0.2, -0.15) is 0 Å². The second-order valence-electron chi connectivity index (χ2n) is 3.21. The molecule has 0 heterocycles.